The van der Waals surface area contributed by atoms with Crippen LogP contribution in [0.1, 0.15) is 58.8 Å². The predicted octanol–water partition coefficient (Wildman–Crippen LogP) is 2.80. The largest absolute Gasteiger partial charge is 0.378 e. The molecule has 1 saturated carbocycles. The Labute approximate surface area is 124 Å². The topological polar surface area (TPSA) is 24.5 Å². The number of nitrogens with one attached hydrogen (secondary N) is 1. The molecule has 2 aliphatic heterocycles. The van der Waals surface area contributed by atoms with Gasteiger partial charge in [0.05, 0.1) is 6.10 Å². The zero-order valence-electron chi connectivity index (χ0n) is 13.4. The van der Waals surface area contributed by atoms with E-state index in [1.807, 2.05) is 0 Å². The summed E-state index contributed by atoms with van der Waals surface area (Å²) in [6.07, 6.45) is 9.84. The third-order valence-corrected chi connectivity index (χ3v) is 5.72. The lowest BCUT2D eigenvalue weighted by molar-refractivity contribution is 0.0936. The van der Waals surface area contributed by atoms with E-state index in [2.05, 4.69) is 24.1 Å². The monoisotopic (exact) mass is 280 g/mol. The van der Waals surface area contributed by atoms with Gasteiger partial charge >= 0.3 is 0 Å². The Morgan fingerprint density at radius 3 is 2.80 bits per heavy atom. The zero-order valence-corrected chi connectivity index (χ0v) is 13.4. The van der Waals surface area contributed by atoms with E-state index in [0.29, 0.717) is 11.6 Å². The van der Waals surface area contributed by atoms with Crippen LogP contribution in [0, 0.1) is 5.92 Å². The van der Waals surface area contributed by atoms with Gasteiger partial charge in [0.1, 0.15) is 0 Å². The first-order chi connectivity index (χ1) is 9.67. The van der Waals surface area contributed by atoms with E-state index in [4.69, 9.17) is 4.74 Å². The molecule has 3 atom stereocenters. The van der Waals surface area contributed by atoms with Crippen LogP contribution in [-0.4, -0.2) is 48.8 Å². The summed E-state index contributed by atoms with van der Waals surface area (Å²) in [5.41, 5.74) is 0.370. The minimum atomic E-state index is 0.370. The molecule has 20 heavy (non-hydrogen) atoms. The molecule has 0 radical (unpaired) electrons. The van der Waals surface area contributed by atoms with E-state index in [0.717, 1.165) is 18.6 Å². The van der Waals surface area contributed by atoms with Gasteiger partial charge in [-0.3, -0.25) is 4.90 Å². The molecule has 2 heterocycles. The first-order valence-electron chi connectivity index (χ1n) is 8.78. The lowest BCUT2D eigenvalue weighted by atomic mass is 9.95. The molecule has 0 amide bonds. The van der Waals surface area contributed by atoms with Crippen molar-refractivity contribution in [1.29, 1.82) is 0 Å². The zero-order chi connectivity index (χ0) is 14.0. The third-order valence-electron chi connectivity index (χ3n) is 5.72. The highest BCUT2D eigenvalue weighted by atomic mass is 16.5. The number of rotatable bonds is 5. The lowest BCUT2D eigenvalue weighted by Crippen LogP contribution is -2.51. The quantitative estimate of drug-likeness (QED) is 0.838. The van der Waals surface area contributed by atoms with Crippen molar-refractivity contribution in [2.24, 2.45) is 5.92 Å². The number of hydrogen-bond acceptors (Lipinski definition) is 3. The summed E-state index contributed by atoms with van der Waals surface area (Å²) in [5, 5.41) is 3.85. The number of ether oxygens (including phenoxy) is 1. The van der Waals surface area contributed by atoms with Crippen LogP contribution in [-0.2, 0) is 4.74 Å². The Balaban J connectivity index is 1.49. The van der Waals surface area contributed by atoms with Crippen molar-refractivity contribution < 1.29 is 4.74 Å². The average molecular weight is 280 g/mol. The second-order valence-electron chi connectivity index (χ2n) is 7.50. The van der Waals surface area contributed by atoms with Gasteiger partial charge in [0, 0.05) is 24.7 Å². The van der Waals surface area contributed by atoms with Crippen molar-refractivity contribution in [2.45, 2.75) is 76.5 Å². The highest BCUT2D eigenvalue weighted by molar-refractivity contribution is 5.01. The minimum Gasteiger partial charge on any atom is -0.378 e. The van der Waals surface area contributed by atoms with Crippen molar-refractivity contribution in [1.82, 2.24) is 10.2 Å². The van der Waals surface area contributed by atoms with Crippen LogP contribution >= 0.6 is 0 Å². The van der Waals surface area contributed by atoms with Crippen molar-refractivity contribution >= 4 is 0 Å². The van der Waals surface area contributed by atoms with Gasteiger partial charge in [0.15, 0.2) is 0 Å². The van der Waals surface area contributed by atoms with E-state index >= 15 is 0 Å². The van der Waals surface area contributed by atoms with Gasteiger partial charge in [0.25, 0.3) is 0 Å². The number of hydrogen-bond donors (Lipinski definition) is 1. The molecule has 0 bridgehead atoms. The molecule has 0 aromatic heterocycles. The molecule has 0 spiro atoms. The smallest absolute Gasteiger partial charge is 0.0576 e. The Kier molecular flexibility index (Phi) is 4.68. The summed E-state index contributed by atoms with van der Waals surface area (Å²) in [5.74, 6) is 0.925. The van der Waals surface area contributed by atoms with Gasteiger partial charge in [-0.2, -0.15) is 0 Å². The first kappa shape index (κ1) is 14.8. The minimum absolute atomic E-state index is 0.370. The van der Waals surface area contributed by atoms with Crippen LogP contribution in [0.4, 0.5) is 0 Å². The summed E-state index contributed by atoms with van der Waals surface area (Å²) in [4.78, 5) is 2.74. The van der Waals surface area contributed by atoms with Gasteiger partial charge in [-0.05, 0) is 77.8 Å². The highest BCUT2D eigenvalue weighted by Gasteiger charge is 2.43. The van der Waals surface area contributed by atoms with Gasteiger partial charge < -0.3 is 10.1 Å². The summed E-state index contributed by atoms with van der Waals surface area (Å²) in [7, 11) is 0. The molecule has 3 heteroatoms. The van der Waals surface area contributed by atoms with E-state index in [-0.39, 0.29) is 0 Å². The molecule has 0 aromatic carbocycles. The van der Waals surface area contributed by atoms with Crippen LogP contribution in [0.15, 0.2) is 0 Å². The molecule has 3 fully saturated rings. The molecule has 3 nitrogen and oxygen atoms in total. The predicted molar refractivity (Wildman–Crippen MR) is 83.0 cm³/mol. The molecular formula is C17H32N2O. The second kappa shape index (κ2) is 6.33. The molecule has 3 rings (SSSR count). The van der Waals surface area contributed by atoms with Crippen LogP contribution < -0.4 is 5.32 Å². The normalized spacial score (nSPS) is 39.9. The van der Waals surface area contributed by atoms with Gasteiger partial charge in [-0.1, -0.05) is 0 Å². The summed E-state index contributed by atoms with van der Waals surface area (Å²) < 4.78 is 5.75. The maximum Gasteiger partial charge on any atom is 0.0576 e. The van der Waals surface area contributed by atoms with E-state index in [1.54, 1.807) is 0 Å². The molecule has 3 unspecified atom stereocenters. The maximum atomic E-state index is 5.75. The molecular weight excluding hydrogens is 248 g/mol. The third kappa shape index (κ3) is 3.55. The van der Waals surface area contributed by atoms with E-state index in [1.165, 1.54) is 64.6 Å². The van der Waals surface area contributed by atoms with Crippen molar-refractivity contribution in [2.75, 3.05) is 26.2 Å². The molecule has 1 N–H and O–H groups in total. The van der Waals surface area contributed by atoms with Crippen molar-refractivity contribution in [3.63, 3.8) is 0 Å². The van der Waals surface area contributed by atoms with Crippen molar-refractivity contribution in [3.8, 4) is 0 Å². The second-order valence-corrected chi connectivity index (χ2v) is 7.50. The standard InChI is InChI=1S/C17H32N2O/c1-14-9-10-18-17(2,15-7-8-15)13-19(14)11-3-5-16-6-4-12-20-16/h14-16,18H,3-13H2,1-2H3. The maximum absolute atomic E-state index is 5.75. The SMILES string of the molecule is CC1CCNC(C)(C2CC2)CN1CCCC1CCCO1. The van der Waals surface area contributed by atoms with Crippen LogP contribution in [0.3, 0.4) is 0 Å². The fourth-order valence-electron chi connectivity index (χ4n) is 4.07. The van der Waals surface area contributed by atoms with Gasteiger partial charge in [0.2, 0.25) is 0 Å². The van der Waals surface area contributed by atoms with E-state index in [9.17, 15) is 0 Å². The summed E-state index contributed by atoms with van der Waals surface area (Å²) in [6, 6.07) is 0.729. The average Bonchev–Trinajstić information content (AvgIpc) is 3.18. The fourth-order valence-corrected chi connectivity index (χ4v) is 4.07. The van der Waals surface area contributed by atoms with Crippen LogP contribution in [0.25, 0.3) is 0 Å². The van der Waals surface area contributed by atoms with Gasteiger partial charge in [-0.15, -0.1) is 0 Å². The van der Waals surface area contributed by atoms with Crippen molar-refractivity contribution in [3.05, 3.63) is 0 Å². The van der Waals surface area contributed by atoms with E-state index < -0.39 is 0 Å². The summed E-state index contributed by atoms with van der Waals surface area (Å²) in [6.45, 7) is 9.54. The fraction of sp³-hybridized carbons (Fsp3) is 1.00. The highest BCUT2D eigenvalue weighted by Crippen LogP contribution is 2.41. The summed E-state index contributed by atoms with van der Waals surface area (Å²) >= 11 is 0. The lowest BCUT2D eigenvalue weighted by Gasteiger charge is -2.36. The number of nitrogens with zero attached hydrogens (tertiary/aromatic N) is 1. The Hall–Kier alpha value is -0.120. The molecule has 116 valence electrons. The Morgan fingerprint density at radius 1 is 1.25 bits per heavy atom. The van der Waals surface area contributed by atoms with Crippen LogP contribution in [0.5, 0.6) is 0 Å². The van der Waals surface area contributed by atoms with Gasteiger partial charge in [-0.25, -0.2) is 0 Å². The Bertz CT molecular complexity index is 312. The Morgan fingerprint density at radius 2 is 2.10 bits per heavy atom. The molecule has 0 aromatic rings. The molecule has 1 aliphatic carbocycles. The van der Waals surface area contributed by atoms with Crippen LogP contribution in [0.2, 0.25) is 0 Å². The molecule has 3 aliphatic rings. The molecule has 2 saturated heterocycles. The first-order valence-corrected chi connectivity index (χ1v) is 8.78.